The fourth-order valence-electron chi connectivity index (χ4n) is 3.56. The van der Waals surface area contributed by atoms with Crippen molar-refractivity contribution in [2.75, 3.05) is 56.1 Å². The lowest BCUT2D eigenvalue weighted by molar-refractivity contribution is -0.880. The SMILES string of the molecule is CC1CCN(c2cc(N3CC[NH+](C)CC3)c([N+](=O)[O-])cc2F)CC1. The summed E-state index contributed by atoms with van der Waals surface area (Å²) in [5.41, 5.74) is 0.942. The van der Waals surface area contributed by atoms with Crippen LogP contribution < -0.4 is 14.7 Å². The summed E-state index contributed by atoms with van der Waals surface area (Å²) in [7, 11) is 2.12. The van der Waals surface area contributed by atoms with Gasteiger partial charge in [-0.2, -0.15) is 0 Å². The smallest absolute Gasteiger partial charge is 0.295 e. The number of anilines is 2. The number of nitrogens with one attached hydrogen (secondary N) is 1. The first-order chi connectivity index (χ1) is 11.5. The minimum atomic E-state index is -0.486. The van der Waals surface area contributed by atoms with Crippen molar-refractivity contribution in [1.29, 1.82) is 0 Å². The van der Waals surface area contributed by atoms with E-state index >= 15 is 0 Å². The molecule has 6 nitrogen and oxygen atoms in total. The Morgan fingerprint density at radius 1 is 1.12 bits per heavy atom. The number of nitro groups is 1. The Balaban J connectivity index is 1.93. The maximum Gasteiger partial charge on any atom is 0.295 e. The molecule has 132 valence electrons. The number of hydrogen-bond donors (Lipinski definition) is 1. The van der Waals surface area contributed by atoms with E-state index in [4.69, 9.17) is 0 Å². The molecule has 0 aromatic heterocycles. The van der Waals surface area contributed by atoms with Crippen molar-refractivity contribution in [2.45, 2.75) is 19.8 Å². The highest BCUT2D eigenvalue weighted by atomic mass is 19.1. The number of nitrogens with zero attached hydrogens (tertiary/aromatic N) is 3. The molecule has 0 unspecified atom stereocenters. The van der Waals surface area contributed by atoms with Gasteiger partial charge in [-0.1, -0.05) is 6.92 Å². The predicted octanol–water partition coefficient (Wildman–Crippen LogP) is 1.30. The van der Waals surface area contributed by atoms with E-state index in [2.05, 4.69) is 14.0 Å². The van der Waals surface area contributed by atoms with Crippen LogP contribution in [0.25, 0.3) is 0 Å². The Bertz CT molecular complexity index is 609. The maximum absolute atomic E-state index is 14.5. The highest BCUT2D eigenvalue weighted by Gasteiger charge is 2.28. The molecule has 2 aliphatic rings. The number of rotatable bonds is 3. The zero-order valence-electron chi connectivity index (χ0n) is 14.4. The molecule has 0 spiro atoms. The van der Waals surface area contributed by atoms with Gasteiger partial charge < -0.3 is 14.7 Å². The van der Waals surface area contributed by atoms with Crippen molar-refractivity contribution in [1.82, 2.24) is 0 Å². The minimum Gasteiger partial charge on any atom is -0.369 e. The van der Waals surface area contributed by atoms with Gasteiger partial charge in [-0.05, 0) is 24.8 Å². The minimum absolute atomic E-state index is 0.124. The van der Waals surface area contributed by atoms with E-state index < -0.39 is 10.7 Å². The Kier molecular flexibility index (Phi) is 4.89. The summed E-state index contributed by atoms with van der Waals surface area (Å²) in [4.78, 5) is 16.4. The Hall–Kier alpha value is -1.89. The second-order valence-corrected chi connectivity index (χ2v) is 7.16. The molecule has 2 aliphatic heterocycles. The number of nitro benzene ring substituents is 1. The average molecular weight is 337 g/mol. The molecule has 1 N–H and O–H groups in total. The molecule has 2 fully saturated rings. The van der Waals surface area contributed by atoms with E-state index in [1.165, 1.54) is 4.90 Å². The molecule has 1 aromatic rings. The fourth-order valence-corrected chi connectivity index (χ4v) is 3.56. The summed E-state index contributed by atoms with van der Waals surface area (Å²) in [5.74, 6) is 0.169. The van der Waals surface area contributed by atoms with E-state index in [1.54, 1.807) is 6.07 Å². The van der Waals surface area contributed by atoms with E-state index in [-0.39, 0.29) is 5.69 Å². The van der Waals surface area contributed by atoms with Gasteiger partial charge in [0.1, 0.15) is 5.69 Å². The third kappa shape index (κ3) is 3.45. The second kappa shape index (κ2) is 6.93. The van der Waals surface area contributed by atoms with Crippen LogP contribution in [0.5, 0.6) is 0 Å². The van der Waals surface area contributed by atoms with Gasteiger partial charge >= 0.3 is 0 Å². The van der Waals surface area contributed by atoms with E-state index in [0.717, 1.165) is 58.2 Å². The van der Waals surface area contributed by atoms with Crippen LogP contribution in [0.15, 0.2) is 12.1 Å². The summed E-state index contributed by atoms with van der Waals surface area (Å²) in [6.07, 6.45) is 2.06. The third-order valence-corrected chi connectivity index (χ3v) is 5.32. The number of quaternary nitrogens is 1. The number of benzene rings is 1. The highest BCUT2D eigenvalue weighted by Crippen LogP contribution is 2.36. The van der Waals surface area contributed by atoms with Gasteiger partial charge in [-0.25, -0.2) is 4.39 Å². The van der Waals surface area contributed by atoms with Crippen LogP contribution in [0.3, 0.4) is 0 Å². The van der Waals surface area contributed by atoms with Crippen molar-refractivity contribution in [3.63, 3.8) is 0 Å². The number of hydrogen-bond acceptors (Lipinski definition) is 4. The van der Waals surface area contributed by atoms with Gasteiger partial charge in [-0.15, -0.1) is 0 Å². The highest BCUT2D eigenvalue weighted by molar-refractivity contribution is 5.71. The lowest BCUT2D eigenvalue weighted by Crippen LogP contribution is -3.12. The summed E-state index contributed by atoms with van der Waals surface area (Å²) < 4.78 is 14.5. The molecule has 0 aliphatic carbocycles. The first-order valence-corrected chi connectivity index (χ1v) is 8.75. The molecule has 0 amide bonds. The van der Waals surface area contributed by atoms with Crippen LogP contribution in [0.4, 0.5) is 21.5 Å². The molecule has 0 radical (unpaired) electrons. The predicted molar refractivity (Wildman–Crippen MR) is 92.5 cm³/mol. The first-order valence-electron chi connectivity index (χ1n) is 8.75. The van der Waals surface area contributed by atoms with Gasteiger partial charge in [0, 0.05) is 13.1 Å². The van der Waals surface area contributed by atoms with Crippen molar-refractivity contribution in [2.24, 2.45) is 5.92 Å². The average Bonchev–Trinajstić information content (AvgIpc) is 2.56. The van der Waals surface area contributed by atoms with Gasteiger partial charge in [0.05, 0.1) is 49.9 Å². The third-order valence-electron chi connectivity index (χ3n) is 5.32. The van der Waals surface area contributed by atoms with Crippen LogP contribution in [0.1, 0.15) is 19.8 Å². The zero-order valence-corrected chi connectivity index (χ0v) is 14.4. The molecule has 2 heterocycles. The molecule has 2 saturated heterocycles. The monoisotopic (exact) mass is 337 g/mol. The Morgan fingerprint density at radius 2 is 1.71 bits per heavy atom. The summed E-state index contributed by atoms with van der Waals surface area (Å²) >= 11 is 0. The maximum atomic E-state index is 14.5. The second-order valence-electron chi connectivity index (χ2n) is 7.16. The molecular weight excluding hydrogens is 311 g/mol. The quantitative estimate of drug-likeness (QED) is 0.667. The van der Waals surface area contributed by atoms with Gasteiger partial charge in [0.25, 0.3) is 5.69 Å². The topological polar surface area (TPSA) is 54.1 Å². The van der Waals surface area contributed by atoms with Crippen LogP contribution >= 0.6 is 0 Å². The summed E-state index contributed by atoms with van der Waals surface area (Å²) in [6, 6.07) is 2.80. The summed E-state index contributed by atoms with van der Waals surface area (Å²) in [5, 5.41) is 11.4. The normalized spacial score (nSPS) is 20.5. The fraction of sp³-hybridized carbons (Fsp3) is 0.647. The molecule has 0 atom stereocenters. The lowest BCUT2D eigenvalue weighted by Gasteiger charge is -2.34. The van der Waals surface area contributed by atoms with Crippen LogP contribution in [-0.2, 0) is 0 Å². The largest absolute Gasteiger partial charge is 0.369 e. The van der Waals surface area contributed by atoms with Crippen molar-refractivity contribution >= 4 is 17.1 Å². The van der Waals surface area contributed by atoms with Gasteiger partial charge in [0.15, 0.2) is 5.82 Å². The van der Waals surface area contributed by atoms with Crippen molar-refractivity contribution in [3.8, 4) is 0 Å². The van der Waals surface area contributed by atoms with Crippen molar-refractivity contribution in [3.05, 3.63) is 28.1 Å². The number of piperazine rings is 1. The van der Waals surface area contributed by atoms with Gasteiger partial charge in [0.2, 0.25) is 0 Å². The molecule has 3 rings (SSSR count). The molecule has 0 bridgehead atoms. The number of likely N-dealkylation sites (N-methyl/N-ethyl adjacent to an activating group) is 1. The van der Waals surface area contributed by atoms with E-state index in [0.29, 0.717) is 17.3 Å². The van der Waals surface area contributed by atoms with Crippen LogP contribution in [0, 0.1) is 21.8 Å². The summed E-state index contributed by atoms with van der Waals surface area (Å²) in [6.45, 7) is 7.21. The lowest BCUT2D eigenvalue weighted by atomic mass is 9.98. The van der Waals surface area contributed by atoms with Crippen molar-refractivity contribution < 1.29 is 14.2 Å². The van der Waals surface area contributed by atoms with E-state index in [9.17, 15) is 14.5 Å². The van der Waals surface area contributed by atoms with Crippen LogP contribution in [-0.4, -0.2) is 51.2 Å². The molecular formula is C17H26FN4O2+. The molecule has 7 heteroatoms. The molecule has 0 saturated carbocycles. The number of piperidine rings is 1. The standard InChI is InChI=1S/C17H25FN4O2/c1-13-3-5-20(6-4-13)15-12-16(17(22(23)24)11-14(15)18)21-9-7-19(2)8-10-21/h11-13H,3-10H2,1-2H3/p+1. The van der Waals surface area contributed by atoms with Gasteiger partial charge in [-0.3, -0.25) is 10.1 Å². The first kappa shape index (κ1) is 17.0. The Morgan fingerprint density at radius 3 is 2.29 bits per heavy atom. The number of halogens is 1. The van der Waals surface area contributed by atoms with E-state index in [1.807, 2.05) is 9.80 Å². The molecule has 24 heavy (non-hydrogen) atoms. The van der Waals surface area contributed by atoms with Crippen LogP contribution in [0.2, 0.25) is 0 Å². The Labute approximate surface area is 142 Å². The molecule has 1 aromatic carbocycles. The zero-order chi connectivity index (χ0) is 17.3.